The molecule has 1 aliphatic carbocycles. The Balaban J connectivity index is 2.07. The number of rotatable bonds is 5. The topological polar surface area (TPSA) is 54.3 Å². The second kappa shape index (κ2) is 6.44. The van der Waals surface area contributed by atoms with Crippen molar-refractivity contribution in [2.45, 2.75) is 58.0 Å². The Bertz CT molecular complexity index is 445. The number of carbonyl (C=O) groups is 1. The molecule has 2 rings (SSSR count). The fraction of sp³-hybridized carbons (Fsp3) is 0.688. The number of carbonyl (C=O) groups excluding carboxylic acids is 1. The second-order valence-electron chi connectivity index (χ2n) is 6.16. The maximum absolute atomic E-state index is 12.5. The van der Waals surface area contributed by atoms with E-state index in [9.17, 15) is 9.90 Å². The third-order valence-corrected chi connectivity index (χ3v) is 4.44. The molecule has 1 aromatic heterocycles. The lowest BCUT2D eigenvalue weighted by Gasteiger charge is -2.38. The number of aliphatic hydroxyl groups excluding tert-OH is 1. The molecule has 0 bridgehead atoms. The summed E-state index contributed by atoms with van der Waals surface area (Å²) in [7, 11) is 0. The van der Waals surface area contributed by atoms with Crippen LogP contribution in [0, 0.1) is 5.92 Å². The minimum absolute atomic E-state index is 0.0277. The number of aromatic nitrogens is 1. The number of hydrogen-bond donors (Lipinski definition) is 2. The summed E-state index contributed by atoms with van der Waals surface area (Å²) in [6.07, 6.45) is 6.80. The molecule has 20 heavy (non-hydrogen) atoms. The van der Waals surface area contributed by atoms with Crippen LogP contribution in [0.25, 0.3) is 0 Å². The molecule has 112 valence electrons. The normalized spacial score (nSPS) is 26.4. The molecule has 1 aliphatic rings. The number of nitrogens with one attached hydrogen (secondary N) is 1. The van der Waals surface area contributed by atoms with Crippen LogP contribution in [0.2, 0.25) is 0 Å². The first-order chi connectivity index (χ1) is 9.60. The fourth-order valence-corrected chi connectivity index (χ4v) is 3.00. The summed E-state index contributed by atoms with van der Waals surface area (Å²) in [5, 5.41) is 12.8. The zero-order valence-electron chi connectivity index (χ0n) is 12.6. The monoisotopic (exact) mass is 278 g/mol. The van der Waals surface area contributed by atoms with Gasteiger partial charge in [-0.3, -0.25) is 4.79 Å². The van der Waals surface area contributed by atoms with Gasteiger partial charge in [0.1, 0.15) is 5.69 Å². The van der Waals surface area contributed by atoms with Crippen molar-refractivity contribution in [3.05, 3.63) is 24.0 Å². The Kier molecular flexibility index (Phi) is 4.86. The zero-order chi connectivity index (χ0) is 14.6. The van der Waals surface area contributed by atoms with Crippen LogP contribution in [0.4, 0.5) is 0 Å². The predicted molar refractivity (Wildman–Crippen MR) is 79.6 cm³/mol. The van der Waals surface area contributed by atoms with Crippen LogP contribution in [0.15, 0.2) is 18.3 Å². The summed E-state index contributed by atoms with van der Waals surface area (Å²) >= 11 is 0. The van der Waals surface area contributed by atoms with E-state index in [1.165, 1.54) is 0 Å². The molecule has 0 atom stereocenters. The van der Waals surface area contributed by atoms with Crippen LogP contribution in [0.5, 0.6) is 0 Å². The SMILES string of the molecule is CCCn1cccc1C(=O)NC1(CO)CCC(C)CC1. The molecule has 1 fully saturated rings. The maximum atomic E-state index is 12.5. The number of aryl methyl sites for hydroxylation is 1. The fourth-order valence-electron chi connectivity index (χ4n) is 3.00. The lowest BCUT2D eigenvalue weighted by Crippen LogP contribution is -2.53. The smallest absolute Gasteiger partial charge is 0.268 e. The number of aliphatic hydroxyl groups is 1. The van der Waals surface area contributed by atoms with Crippen molar-refractivity contribution in [1.29, 1.82) is 0 Å². The van der Waals surface area contributed by atoms with Crippen molar-refractivity contribution in [3.63, 3.8) is 0 Å². The van der Waals surface area contributed by atoms with Gasteiger partial charge in [0.15, 0.2) is 0 Å². The first-order valence-corrected chi connectivity index (χ1v) is 7.69. The van der Waals surface area contributed by atoms with Crippen molar-refractivity contribution in [2.75, 3.05) is 6.61 Å². The third kappa shape index (κ3) is 3.23. The van der Waals surface area contributed by atoms with Gasteiger partial charge in [0.2, 0.25) is 0 Å². The molecule has 0 unspecified atom stereocenters. The minimum atomic E-state index is -0.426. The zero-order valence-corrected chi connectivity index (χ0v) is 12.6. The number of nitrogens with zero attached hydrogens (tertiary/aromatic N) is 1. The molecule has 1 aromatic rings. The molecule has 0 radical (unpaired) electrons. The van der Waals surface area contributed by atoms with E-state index in [1.807, 2.05) is 22.9 Å². The highest BCUT2D eigenvalue weighted by atomic mass is 16.3. The molecular formula is C16H26N2O2. The quantitative estimate of drug-likeness (QED) is 0.869. The van der Waals surface area contributed by atoms with Crippen molar-refractivity contribution in [3.8, 4) is 0 Å². The van der Waals surface area contributed by atoms with E-state index < -0.39 is 5.54 Å². The van der Waals surface area contributed by atoms with Crippen LogP contribution in [-0.4, -0.2) is 27.7 Å². The van der Waals surface area contributed by atoms with E-state index >= 15 is 0 Å². The van der Waals surface area contributed by atoms with Gasteiger partial charge in [-0.2, -0.15) is 0 Å². The van der Waals surface area contributed by atoms with Crippen molar-refractivity contribution >= 4 is 5.91 Å². The summed E-state index contributed by atoms with van der Waals surface area (Å²) in [5.41, 5.74) is 0.267. The van der Waals surface area contributed by atoms with Gasteiger partial charge >= 0.3 is 0 Å². The molecule has 1 amide bonds. The van der Waals surface area contributed by atoms with Crippen molar-refractivity contribution < 1.29 is 9.90 Å². The molecule has 1 saturated carbocycles. The van der Waals surface area contributed by atoms with Crippen LogP contribution in [-0.2, 0) is 6.54 Å². The summed E-state index contributed by atoms with van der Waals surface area (Å²) in [5.74, 6) is 0.627. The first kappa shape index (κ1) is 15.1. The van der Waals surface area contributed by atoms with Gasteiger partial charge in [0, 0.05) is 12.7 Å². The molecule has 4 nitrogen and oxygen atoms in total. The Morgan fingerprint density at radius 2 is 2.20 bits per heavy atom. The molecule has 0 saturated heterocycles. The Labute approximate surface area is 121 Å². The van der Waals surface area contributed by atoms with Gasteiger partial charge in [0.05, 0.1) is 12.1 Å². The number of amides is 1. The highest BCUT2D eigenvalue weighted by Gasteiger charge is 2.35. The largest absolute Gasteiger partial charge is 0.394 e. The molecule has 0 aliphatic heterocycles. The van der Waals surface area contributed by atoms with Gasteiger partial charge in [-0.05, 0) is 50.2 Å². The lowest BCUT2D eigenvalue weighted by atomic mass is 9.77. The highest BCUT2D eigenvalue weighted by molar-refractivity contribution is 5.93. The van der Waals surface area contributed by atoms with Crippen molar-refractivity contribution in [2.24, 2.45) is 5.92 Å². The standard InChI is InChI=1S/C16H26N2O2/c1-3-10-18-11-4-5-14(18)15(20)17-16(12-19)8-6-13(2)7-9-16/h4-5,11,13,19H,3,6-10,12H2,1-2H3,(H,17,20). The van der Waals surface area contributed by atoms with E-state index in [2.05, 4.69) is 19.2 Å². The Morgan fingerprint density at radius 1 is 1.50 bits per heavy atom. The summed E-state index contributed by atoms with van der Waals surface area (Å²) in [4.78, 5) is 12.5. The molecule has 1 heterocycles. The number of hydrogen-bond acceptors (Lipinski definition) is 2. The summed E-state index contributed by atoms with van der Waals surface area (Å²) in [6, 6.07) is 3.75. The Hall–Kier alpha value is -1.29. The highest BCUT2D eigenvalue weighted by Crippen LogP contribution is 2.31. The van der Waals surface area contributed by atoms with Gasteiger partial charge < -0.3 is 15.0 Å². The van der Waals surface area contributed by atoms with Gasteiger partial charge in [0.25, 0.3) is 5.91 Å². The van der Waals surface area contributed by atoms with Crippen LogP contribution >= 0.6 is 0 Å². The maximum Gasteiger partial charge on any atom is 0.268 e. The minimum Gasteiger partial charge on any atom is -0.394 e. The van der Waals surface area contributed by atoms with E-state index in [0.29, 0.717) is 11.6 Å². The Morgan fingerprint density at radius 3 is 2.80 bits per heavy atom. The first-order valence-electron chi connectivity index (χ1n) is 7.69. The van der Waals surface area contributed by atoms with E-state index in [-0.39, 0.29) is 12.5 Å². The average molecular weight is 278 g/mol. The van der Waals surface area contributed by atoms with E-state index in [0.717, 1.165) is 38.6 Å². The van der Waals surface area contributed by atoms with Crippen LogP contribution in [0.1, 0.15) is 56.4 Å². The summed E-state index contributed by atoms with van der Waals surface area (Å²) < 4.78 is 1.98. The third-order valence-electron chi connectivity index (χ3n) is 4.44. The second-order valence-corrected chi connectivity index (χ2v) is 6.16. The molecule has 4 heteroatoms. The van der Waals surface area contributed by atoms with E-state index in [4.69, 9.17) is 0 Å². The van der Waals surface area contributed by atoms with Gasteiger partial charge in [-0.1, -0.05) is 13.8 Å². The molecule has 2 N–H and O–H groups in total. The molecule has 0 aromatic carbocycles. The molecular weight excluding hydrogens is 252 g/mol. The van der Waals surface area contributed by atoms with Gasteiger partial charge in [-0.25, -0.2) is 0 Å². The van der Waals surface area contributed by atoms with Crippen LogP contribution in [0.3, 0.4) is 0 Å². The van der Waals surface area contributed by atoms with Gasteiger partial charge in [-0.15, -0.1) is 0 Å². The average Bonchev–Trinajstić information content (AvgIpc) is 2.90. The predicted octanol–water partition coefficient (Wildman–Crippen LogP) is 2.57. The van der Waals surface area contributed by atoms with Crippen molar-refractivity contribution in [1.82, 2.24) is 9.88 Å². The van der Waals surface area contributed by atoms with Crippen LogP contribution < -0.4 is 5.32 Å². The lowest BCUT2D eigenvalue weighted by molar-refractivity contribution is 0.0709. The van der Waals surface area contributed by atoms with E-state index in [1.54, 1.807) is 0 Å². The molecule has 0 spiro atoms. The summed E-state index contributed by atoms with van der Waals surface area (Å²) in [6.45, 7) is 5.20.